The summed E-state index contributed by atoms with van der Waals surface area (Å²) in [7, 11) is 3.12. The summed E-state index contributed by atoms with van der Waals surface area (Å²) in [6, 6.07) is 22.9. The SMILES string of the molecule is COc1ccc2cc(-c3ccc(OCCN4CCCC4)c(/C=C4\SC(=S)N(CCCOc5ccc(C(=O)O)cc5OC)C4=O)c3)ccc2c1. The van der Waals surface area contributed by atoms with Gasteiger partial charge >= 0.3 is 5.97 Å². The van der Waals surface area contributed by atoms with Crippen LogP contribution in [-0.2, 0) is 4.79 Å². The molecule has 2 heterocycles. The molecular weight excluding hydrogens is 661 g/mol. The summed E-state index contributed by atoms with van der Waals surface area (Å²) in [5, 5.41) is 11.4. The third-order valence-corrected chi connectivity index (χ3v) is 9.99. The van der Waals surface area contributed by atoms with Gasteiger partial charge in [-0.15, -0.1) is 0 Å². The summed E-state index contributed by atoms with van der Waals surface area (Å²) >= 11 is 6.90. The Kier molecular flexibility index (Phi) is 11.0. The van der Waals surface area contributed by atoms with E-state index in [0.717, 1.165) is 58.6 Å². The number of carboxylic acids is 1. The van der Waals surface area contributed by atoms with Crippen LogP contribution >= 0.6 is 24.0 Å². The van der Waals surface area contributed by atoms with E-state index in [0.29, 0.717) is 40.3 Å². The number of amides is 1. The fraction of sp³-hybridized carbons (Fsp3) is 0.289. The van der Waals surface area contributed by atoms with Crippen LogP contribution in [0.25, 0.3) is 28.0 Å². The minimum atomic E-state index is -1.05. The second kappa shape index (κ2) is 15.8. The van der Waals surface area contributed by atoms with Crippen molar-refractivity contribution < 1.29 is 33.6 Å². The van der Waals surface area contributed by atoms with E-state index in [1.165, 1.54) is 43.8 Å². The molecule has 0 spiro atoms. The molecule has 0 aromatic heterocycles. The van der Waals surface area contributed by atoms with Crippen LogP contribution in [0.15, 0.2) is 77.7 Å². The molecule has 0 unspecified atom stereocenters. The van der Waals surface area contributed by atoms with Crippen LogP contribution in [0.5, 0.6) is 23.0 Å². The number of thioether (sulfide) groups is 1. The molecule has 0 bridgehead atoms. The Morgan fingerprint density at radius 1 is 0.837 bits per heavy atom. The van der Waals surface area contributed by atoms with Gasteiger partial charge in [-0.1, -0.05) is 48.2 Å². The van der Waals surface area contributed by atoms with Crippen molar-refractivity contribution in [2.45, 2.75) is 19.3 Å². The maximum Gasteiger partial charge on any atom is 0.335 e. The zero-order valence-corrected chi connectivity index (χ0v) is 29.1. The standard InChI is InChI=1S/C38H38N2O7S2/c1-44-31-11-8-26-20-25(6-7-28(26)22-31)27-9-12-32(47-19-17-39-14-3-4-15-39)30(21-27)24-35-36(41)40(38(48)49-35)16-5-18-46-33-13-10-29(37(42)43)23-34(33)45-2/h6-13,20-24H,3-5,14-19H2,1-2H3,(H,42,43)/b35-24-. The maximum absolute atomic E-state index is 13.6. The fourth-order valence-electron chi connectivity index (χ4n) is 5.95. The molecule has 1 N–H and O–H groups in total. The van der Waals surface area contributed by atoms with E-state index < -0.39 is 5.97 Å². The Morgan fingerprint density at radius 3 is 2.33 bits per heavy atom. The topological polar surface area (TPSA) is 97.8 Å². The first-order valence-electron chi connectivity index (χ1n) is 16.2. The lowest BCUT2D eigenvalue weighted by atomic mass is 9.99. The first-order valence-corrected chi connectivity index (χ1v) is 17.4. The lowest BCUT2D eigenvalue weighted by Crippen LogP contribution is -2.30. The quantitative estimate of drug-likeness (QED) is 0.0817. The Bertz CT molecular complexity index is 1900. The van der Waals surface area contributed by atoms with Crippen molar-refractivity contribution >= 4 is 57.0 Å². The van der Waals surface area contributed by atoms with Crippen molar-refractivity contribution in [2.75, 3.05) is 53.6 Å². The first-order chi connectivity index (χ1) is 23.8. The highest BCUT2D eigenvalue weighted by atomic mass is 32.2. The molecule has 6 rings (SSSR count). The van der Waals surface area contributed by atoms with Crippen LogP contribution in [0.1, 0.15) is 35.2 Å². The number of ether oxygens (including phenoxy) is 4. The highest BCUT2D eigenvalue weighted by Gasteiger charge is 2.32. The van der Waals surface area contributed by atoms with Gasteiger partial charge in [-0.2, -0.15) is 0 Å². The van der Waals surface area contributed by atoms with Crippen LogP contribution in [0.2, 0.25) is 0 Å². The van der Waals surface area contributed by atoms with Crippen molar-refractivity contribution in [2.24, 2.45) is 0 Å². The average molecular weight is 699 g/mol. The monoisotopic (exact) mass is 698 g/mol. The number of fused-ring (bicyclic) bond motifs is 1. The first kappa shape index (κ1) is 34.3. The Hall–Kier alpha value is -4.58. The molecule has 1 amide bonds. The number of hydrogen-bond donors (Lipinski definition) is 1. The van der Waals surface area contributed by atoms with Crippen molar-refractivity contribution in [3.05, 3.63) is 88.8 Å². The molecular formula is C38H38N2O7S2. The highest BCUT2D eigenvalue weighted by molar-refractivity contribution is 8.26. The lowest BCUT2D eigenvalue weighted by Gasteiger charge is -2.17. The number of methoxy groups -OCH3 is 2. The van der Waals surface area contributed by atoms with Crippen LogP contribution < -0.4 is 18.9 Å². The summed E-state index contributed by atoms with van der Waals surface area (Å²) < 4.78 is 23.3. The van der Waals surface area contributed by atoms with E-state index in [2.05, 4.69) is 41.3 Å². The Morgan fingerprint density at radius 2 is 1.55 bits per heavy atom. The summed E-state index contributed by atoms with van der Waals surface area (Å²) in [4.78, 5) is 29.4. The number of aromatic carboxylic acids is 1. The number of hydrogen-bond acceptors (Lipinski definition) is 9. The van der Waals surface area contributed by atoms with Gasteiger partial charge in [0.15, 0.2) is 11.5 Å². The second-order valence-electron chi connectivity index (χ2n) is 11.8. The van der Waals surface area contributed by atoms with E-state index >= 15 is 0 Å². The fourth-order valence-corrected chi connectivity index (χ4v) is 7.25. The third kappa shape index (κ3) is 8.18. The smallest absolute Gasteiger partial charge is 0.335 e. The number of thiocarbonyl (C=S) groups is 1. The number of likely N-dealkylation sites (tertiary alicyclic amines) is 1. The number of benzene rings is 4. The Balaban J connectivity index is 1.18. The summed E-state index contributed by atoms with van der Waals surface area (Å²) in [5.74, 6) is 1.09. The number of rotatable bonds is 14. The lowest BCUT2D eigenvalue weighted by molar-refractivity contribution is -0.122. The molecule has 4 aromatic carbocycles. The van der Waals surface area contributed by atoms with Crippen molar-refractivity contribution in [3.63, 3.8) is 0 Å². The molecule has 0 radical (unpaired) electrons. The van der Waals surface area contributed by atoms with Gasteiger partial charge in [-0.3, -0.25) is 14.6 Å². The third-order valence-electron chi connectivity index (χ3n) is 8.61. The predicted octanol–water partition coefficient (Wildman–Crippen LogP) is 7.37. The molecule has 49 heavy (non-hydrogen) atoms. The molecule has 0 aliphatic carbocycles. The van der Waals surface area contributed by atoms with Crippen LogP contribution in [0.4, 0.5) is 0 Å². The van der Waals surface area contributed by atoms with E-state index in [-0.39, 0.29) is 18.1 Å². The molecule has 0 atom stereocenters. The predicted molar refractivity (Wildman–Crippen MR) is 197 cm³/mol. The molecule has 2 saturated heterocycles. The zero-order chi connectivity index (χ0) is 34.3. The minimum absolute atomic E-state index is 0.109. The normalized spacial score (nSPS) is 15.7. The van der Waals surface area contributed by atoms with Gasteiger partial charge in [0.25, 0.3) is 5.91 Å². The van der Waals surface area contributed by atoms with Gasteiger partial charge in [0.2, 0.25) is 0 Å². The van der Waals surface area contributed by atoms with E-state index in [1.807, 2.05) is 24.3 Å². The van der Waals surface area contributed by atoms with Gasteiger partial charge in [0, 0.05) is 18.7 Å². The molecule has 4 aromatic rings. The van der Waals surface area contributed by atoms with Crippen molar-refractivity contribution in [3.8, 4) is 34.1 Å². The molecule has 254 valence electrons. The Labute approximate surface area is 295 Å². The molecule has 11 heteroatoms. The minimum Gasteiger partial charge on any atom is -0.497 e. The van der Waals surface area contributed by atoms with Crippen molar-refractivity contribution in [1.82, 2.24) is 9.80 Å². The van der Waals surface area contributed by atoms with Crippen molar-refractivity contribution in [1.29, 1.82) is 0 Å². The van der Waals surface area contributed by atoms with E-state index in [4.69, 9.17) is 31.2 Å². The van der Waals surface area contributed by atoms with Gasteiger partial charge in [0.05, 0.1) is 31.3 Å². The van der Waals surface area contributed by atoms with Crippen LogP contribution in [-0.4, -0.2) is 84.7 Å². The zero-order valence-electron chi connectivity index (χ0n) is 27.5. The maximum atomic E-state index is 13.6. The number of carbonyl (C=O) groups excluding carboxylic acids is 1. The van der Waals surface area contributed by atoms with E-state index in [9.17, 15) is 14.7 Å². The van der Waals surface area contributed by atoms with Gasteiger partial charge in [-0.05, 0) is 109 Å². The molecule has 9 nitrogen and oxygen atoms in total. The number of carbonyl (C=O) groups is 2. The summed E-state index contributed by atoms with van der Waals surface area (Å²) in [6.45, 7) is 4.27. The summed E-state index contributed by atoms with van der Waals surface area (Å²) in [6.07, 6.45) is 4.84. The van der Waals surface area contributed by atoms with E-state index in [1.54, 1.807) is 18.1 Å². The molecule has 0 saturated carbocycles. The van der Waals surface area contributed by atoms with Gasteiger partial charge < -0.3 is 24.1 Å². The second-order valence-corrected chi connectivity index (χ2v) is 13.5. The largest absolute Gasteiger partial charge is 0.497 e. The molecule has 2 aliphatic heterocycles. The van der Waals surface area contributed by atoms with Crippen LogP contribution in [0.3, 0.4) is 0 Å². The number of nitrogens with zero attached hydrogens (tertiary/aromatic N) is 2. The molecule has 2 aliphatic rings. The highest BCUT2D eigenvalue weighted by Crippen LogP contribution is 2.37. The number of carboxylic acid groups (broad SMARTS) is 1. The van der Waals surface area contributed by atoms with Crippen LogP contribution in [0, 0.1) is 0 Å². The average Bonchev–Trinajstić information content (AvgIpc) is 3.73. The van der Waals surface area contributed by atoms with Gasteiger partial charge in [0.1, 0.15) is 22.4 Å². The van der Waals surface area contributed by atoms with Gasteiger partial charge in [-0.25, -0.2) is 4.79 Å². The summed E-state index contributed by atoms with van der Waals surface area (Å²) in [5.41, 5.74) is 2.99. The molecule has 2 fully saturated rings.